The Morgan fingerprint density at radius 3 is 2.63 bits per heavy atom. The lowest BCUT2D eigenvalue weighted by atomic mass is 10.0. The van der Waals surface area contributed by atoms with Crippen LogP contribution in [0.25, 0.3) is 0 Å². The van der Waals surface area contributed by atoms with Gasteiger partial charge in [-0.3, -0.25) is 4.79 Å². The molecule has 0 bridgehead atoms. The molecule has 106 valence electrons. The maximum atomic E-state index is 12.5. The minimum atomic E-state index is 0.197. The molecule has 4 heteroatoms. The van der Waals surface area contributed by atoms with E-state index in [2.05, 4.69) is 31.9 Å². The normalized spacial score (nSPS) is 17.7. The van der Waals surface area contributed by atoms with Crippen LogP contribution in [0.2, 0.25) is 0 Å². The molecule has 0 saturated carbocycles. The summed E-state index contributed by atoms with van der Waals surface area (Å²) < 4.78 is 0. The number of piperidine rings is 1. The van der Waals surface area contributed by atoms with Crippen molar-refractivity contribution in [2.45, 2.75) is 39.2 Å². The second kappa shape index (κ2) is 6.06. The Labute approximate surface area is 120 Å². The Balaban J connectivity index is 2.05. The Kier molecular flexibility index (Phi) is 4.63. The number of rotatable bonds is 3. The maximum absolute atomic E-state index is 12.5. The molecule has 1 aromatic rings. The van der Waals surface area contributed by atoms with Gasteiger partial charge in [-0.05, 0) is 58.0 Å². The van der Waals surface area contributed by atoms with Crippen molar-refractivity contribution in [3.05, 3.63) is 21.4 Å². The van der Waals surface area contributed by atoms with Gasteiger partial charge in [0.1, 0.15) is 0 Å². The molecule has 0 unspecified atom stereocenters. The molecule has 1 aromatic heterocycles. The summed E-state index contributed by atoms with van der Waals surface area (Å²) in [6, 6.07) is 2.48. The second-order valence-corrected chi connectivity index (χ2v) is 6.75. The highest BCUT2D eigenvalue weighted by molar-refractivity contribution is 7.14. The molecule has 0 atom stereocenters. The number of hydrogen-bond acceptors (Lipinski definition) is 3. The van der Waals surface area contributed by atoms with E-state index in [1.165, 1.54) is 10.4 Å². The van der Waals surface area contributed by atoms with Gasteiger partial charge in [0.15, 0.2) is 0 Å². The zero-order chi connectivity index (χ0) is 14.0. The van der Waals surface area contributed by atoms with Crippen LogP contribution in [0.5, 0.6) is 0 Å². The van der Waals surface area contributed by atoms with Gasteiger partial charge in [0.2, 0.25) is 0 Å². The van der Waals surface area contributed by atoms with Crippen LogP contribution in [0.15, 0.2) is 6.07 Å². The van der Waals surface area contributed by atoms with Gasteiger partial charge in [-0.2, -0.15) is 0 Å². The molecule has 19 heavy (non-hydrogen) atoms. The Bertz CT molecular complexity index is 447. The Hall–Kier alpha value is -0.870. The van der Waals surface area contributed by atoms with E-state index < -0.39 is 0 Å². The summed E-state index contributed by atoms with van der Waals surface area (Å²) in [5.74, 6) is 0.197. The number of likely N-dealkylation sites (tertiary alicyclic amines) is 1. The first-order valence-corrected chi connectivity index (χ1v) is 7.89. The number of hydrogen-bond donors (Lipinski definition) is 0. The number of amides is 1. The molecule has 3 nitrogen and oxygen atoms in total. The van der Waals surface area contributed by atoms with Crippen LogP contribution in [0.1, 0.15) is 39.9 Å². The van der Waals surface area contributed by atoms with Crippen molar-refractivity contribution >= 4 is 17.2 Å². The highest BCUT2D eigenvalue weighted by atomic mass is 32.1. The monoisotopic (exact) mass is 280 g/mol. The molecule has 0 radical (unpaired) electrons. The lowest BCUT2D eigenvalue weighted by Crippen LogP contribution is -2.44. The zero-order valence-electron chi connectivity index (χ0n) is 12.4. The molecule has 1 fully saturated rings. The fraction of sp³-hybridized carbons (Fsp3) is 0.667. The van der Waals surface area contributed by atoms with Crippen LogP contribution in [0, 0.1) is 6.92 Å². The maximum Gasteiger partial charge on any atom is 0.263 e. The van der Waals surface area contributed by atoms with Gasteiger partial charge in [0.25, 0.3) is 5.91 Å². The van der Waals surface area contributed by atoms with E-state index in [0.29, 0.717) is 6.04 Å². The number of carbonyl (C=O) groups is 1. The van der Waals surface area contributed by atoms with Crippen LogP contribution in [-0.4, -0.2) is 48.9 Å². The lowest BCUT2D eigenvalue weighted by molar-refractivity contribution is 0.0664. The highest BCUT2D eigenvalue weighted by Crippen LogP contribution is 2.25. The molecule has 0 aliphatic carbocycles. The van der Waals surface area contributed by atoms with Gasteiger partial charge in [-0.1, -0.05) is 6.92 Å². The molecule has 2 rings (SSSR count). The second-order valence-electron chi connectivity index (χ2n) is 5.50. The molecule has 1 aliphatic rings. The van der Waals surface area contributed by atoms with Gasteiger partial charge in [-0.15, -0.1) is 11.3 Å². The van der Waals surface area contributed by atoms with Gasteiger partial charge in [0, 0.05) is 18.0 Å². The zero-order valence-corrected chi connectivity index (χ0v) is 13.2. The average molecular weight is 280 g/mol. The first kappa shape index (κ1) is 14.5. The molecular formula is C15H24N2OS. The van der Waals surface area contributed by atoms with Crippen molar-refractivity contribution < 1.29 is 4.79 Å². The number of nitrogens with zero attached hydrogens (tertiary/aromatic N) is 2. The number of aryl methyl sites for hydroxylation is 2. The lowest BCUT2D eigenvalue weighted by Gasteiger charge is -2.34. The van der Waals surface area contributed by atoms with Crippen LogP contribution < -0.4 is 0 Å². The standard InChI is InChI=1S/C15H24N2OS/c1-5-12-10-14(19-11(12)2)15(18)17(4)13-6-8-16(3)9-7-13/h10,13H,5-9H2,1-4H3. The van der Waals surface area contributed by atoms with E-state index >= 15 is 0 Å². The van der Waals surface area contributed by atoms with E-state index in [0.717, 1.165) is 37.2 Å². The largest absolute Gasteiger partial charge is 0.338 e. The van der Waals surface area contributed by atoms with E-state index in [-0.39, 0.29) is 5.91 Å². The third-order valence-corrected chi connectivity index (χ3v) is 5.25. The van der Waals surface area contributed by atoms with E-state index in [4.69, 9.17) is 0 Å². The summed E-state index contributed by atoms with van der Waals surface area (Å²) in [6.07, 6.45) is 3.18. The quantitative estimate of drug-likeness (QED) is 0.850. The van der Waals surface area contributed by atoms with Gasteiger partial charge < -0.3 is 9.80 Å². The average Bonchev–Trinajstić information content (AvgIpc) is 2.79. The first-order chi connectivity index (χ1) is 9.02. The topological polar surface area (TPSA) is 23.6 Å². The summed E-state index contributed by atoms with van der Waals surface area (Å²) in [5, 5.41) is 0. The van der Waals surface area contributed by atoms with Crippen LogP contribution >= 0.6 is 11.3 Å². The predicted molar refractivity (Wildman–Crippen MR) is 81.0 cm³/mol. The molecule has 0 aromatic carbocycles. The number of thiophene rings is 1. The van der Waals surface area contributed by atoms with Crippen molar-refractivity contribution in [2.75, 3.05) is 27.2 Å². The molecule has 2 heterocycles. The highest BCUT2D eigenvalue weighted by Gasteiger charge is 2.25. The Morgan fingerprint density at radius 1 is 1.47 bits per heavy atom. The SMILES string of the molecule is CCc1cc(C(=O)N(C)C2CCN(C)CC2)sc1C. The summed E-state index contributed by atoms with van der Waals surface area (Å²) in [5.41, 5.74) is 1.31. The molecule has 0 N–H and O–H groups in total. The van der Waals surface area contributed by atoms with Crippen LogP contribution in [-0.2, 0) is 6.42 Å². The third kappa shape index (κ3) is 3.18. The van der Waals surface area contributed by atoms with Crippen molar-refractivity contribution in [1.29, 1.82) is 0 Å². The number of carbonyl (C=O) groups excluding carboxylic acids is 1. The summed E-state index contributed by atoms with van der Waals surface area (Å²) in [4.78, 5) is 19.0. The van der Waals surface area contributed by atoms with Gasteiger partial charge >= 0.3 is 0 Å². The van der Waals surface area contributed by atoms with E-state index in [9.17, 15) is 4.79 Å². The predicted octanol–water partition coefficient (Wildman–Crippen LogP) is 2.79. The fourth-order valence-electron chi connectivity index (χ4n) is 2.70. The minimum Gasteiger partial charge on any atom is -0.338 e. The van der Waals surface area contributed by atoms with Crippen molar-refractivity contribution in [1.82, 2.24) is 9.80 Å². The van der Waals surface area contributed by atoms with Crippen LogP contribution in [0.3, 0.4) is 0 Å². The van der Waals surface area contributed by atoms with Crippen molar-refractivity contribution in [3.8, 4) is 0 Å². The summed E-state index contributed by atoms with van der Waals surface area (Å²) >= 11 is 1.64. The molecule has 1 aliphatic heterocycles. The fourth-order valence-corrected chi connectivity index (χ4v) is 3.79. The van der Waals surface area contributed by atoms with Gasteiger partial charge in [0.05, 0.1) is 4.88 Å². The van der Waals surface area contributed by atoms with Gasteiger partial charge in [-0.25, -0.2) is 0 Å². The Morgan fingerprint density at radius 2 is 2.11 bits per heavy atom. The summed E-state index contributed by atoms with van der Waals surface area (Å²) in [7, 11) is 4.10. The molecule has 1 amide bonds. The summed E-state index contributed by atoms with van der Waals surface area (Å²) in [6.45, 7) is 6.43. The molecular weight excluding hydrogens is 256 g/mol. The molecule has 1 saturated heterocycles. The van der Waals surface area contributed by atoms with E-state index in [1.54, 1.807) is 11.3 Å². The smallest absolute Gasteiger partial charge is 0.263 e. The van der Waals surface area contributed by atoms with Crippen molar-refractivity contribution in [2.24, 2.45) is 0 Å². The third-order valence-electron chi connectivity index (χ3n) is 4.17. The van der Waals surface area contributed by atoms with E-state index in [1.807, 2.05) is 11.9 Å². The van der Waals surface area contributed by atoms with Crippen molar-refractivity contribution in [3.63, 3.8) is 0 Å². The minimum absolute atomic E-state index is 0.197. The van der Waals surface area contributed by atoms with Crippen LogP contribution in [0.4, 0.5) is 0 Å². The first-order valence-electron chi connectivity index (χ1n) is 7.08. The molecule has 0 spiro atoms.